The number of carboxylic acids is 1. The number of halogens is 1. The molecule has 0 radical (unpaired) electrons. The molecule has 4 heterocycles. The van der Waals surface area contributed by atoms with Crippen molar-refractivity contribution in [3.63, 3.8) is 0 Å². The smallest absolute Gasteiger partial charge is 0.352 e. The maximum absolute atomic E-state index is 12.6. The summed E-state index contributed by atoms with van der Waals surface area (Å²) < 4.78 is 13.2. The molecule has 2 aliphatic rings. The zero-order valence-electron chi connectivity index (χ0n) is 30.5. The monoisotopic (exact) mass is 735 g/mol. The van der Waals surface area contributed by atoms with E-state index in [1.807, 2.05) is 22.8 Å². The van der Waals surface area contributed by atoms with Gasteiger partial charge < -0.3 is 33.9 Å². The van der Waals surface area contributed by atoms with Crippen molar-refractivity contribution in [2.24, 2.45) is 0 Å². The number of hydrogen-bond donors (Lipinski definition) is 2. The summed E-state index contributed by atoms with van der Waals surface area (Å²) in [7, 11) is 2.83. The van der Waals surface area contributed by atoms with E-state index in [0.29, 0.717) is 31.6 Å². The molecule has 0 saturated heterocycles. The van der Waals surface area contributed by atoms with Gasteiger partial charge in [0, 0.05) is 43.2 Å². The summed E-state index contributed by atoms with van der Waals surface area (Å²) in [6.45, 7) is 3.12. The van der Waals surface area contributed by atoms with Crippen LogP contribution in [0, 0.1) is 0 Å². The number of esters is 2. The van der Waals surface area contributed by atoms with Crippen LogP contribution < -0.4 is 5.32 Å². The first-order valence-corrected chi connectivity index (χ1v) is 18.8. The van der Waals surface area contributed by atoms with Crippen molar-refractivity contribution in [3.05, 3.63) is 75.9 Å². The van der Waals surface area contributed by atoms with E-state index in [1.165, 1.54) is 30.9 Å². The molecule has 0 spiro atoms. The molecule has 0 bridgehead atoms. The second kappa shape index (κ2) is 21.2. The van der Waals surface area contributed by atoms with Crippen molar-refractivity contribution in [2.45, 2.75) is 103 Å². The molecule has 0 atom stereocenters. The lowest BCUT2D eigenvalue weighted by molar-refractivity contribution is -0.141. The summed E-state index contributed by atoms with van der Waals surface area (Å²) in [5.41, 5.74) is 6.13. The minimum Gasteiger partial charge on any atom is -0.575 e. The van der Waals surface area contributed by atoms with Crippen molar-refractivity contribution in [2.75, 3.05) is 27.3 Å². The highest BCUT2D eigenvalue weighted by Crippen LogP contribution is 2.30. The number of nitrogens with zero attached hydrogens (tertiary/aromatic N) is 3. The fraction of sp³-hybridized carbons (Fsp3) is 0.500. The molecular weight excluding hydrogens is 684 g/mol. The number of aryl methyl sites for hydroxylation is 4. The highest BCUT2D eigenvalue weighted by molar-refractivity contribution is 6.24. The first kappa shape index (κ1) is 40.4. The molecule has 1 amide bonds. The van der Waals surface area contributed by atoms with Crippen molar-refractivity contribution in [1.82, 2.24) is 14.5 Å². The minimum atomic E-state index is -0.834. The number of nitrogens with one attached hydrogen (secondary N) is 1. The maximum atomic E-state index is 12.6. The molecule has 6 rings (SSSR count). The van der Waals surface area contributed by atoms with Gasteiger partial charge in [-0.3, -0.25) is 26.2 Å². The van der Waals surface area contributed by atoms with Gasteiger partial charge in [0.25, 0.3) is 5.91 Å². The second-order valence-corrected chi connectivity index (χ2v) is 13.4. The molecular formula is C40H52ClN4O7-. The predicted octanol–water partition coefficient (Wildman–Crippen LogP) is 8.36. The van der Waals surface area contributed by atoms with Gasteiger partial charge in [0.05, 0.1) is 25.3 Å². The predicted molar refractivity (Wildman–Crippen MR) is 204 cm³/mol. The van der Waals surface area contributed by atoms with Gasteiger partial charge in [0.15, 0.2) is 0 Å². The summed E-state index contributed by atoms with van der Waals surface area (Å²) >= 11 is 5.14. The topological polar surface area (TPSA) is 143 Å². The van der Waals surface area contributed by atoms with Gasteiger partial charge in [0.1, 0.15) is 11.4 Å². The van der Waals surface area contributed by atoms with Gasteiger partial charge in [-0.2, -0.15) is 0 Å². The fourth-order valence-electron chi connectivity index (χ4n) is 6.93. The number of aromatic nitrogens is 2. The Hall–Kier alpha value is -4.35. The first-order valence-electron chi connectivity index (χ1n) is 18.4. The maximum Gasteiger partial charge on any atom is 0.352 e. The van der Waals surface area contributed by atoms with Crippen LogP contribution in [0.5, 0.6) is 0 Å². The third-order valence-electron chi connectivity index (χ3n) is 9.54. The molecule has 0 aliphatic carbocycles. The number of rotatable bonds is 16. The molecule has 0 unspecified atom stereocenters. The van der Waals surface area contributed by atoms with Crippen molar-refractivity contribution in [3.8, 4) is 0 Å². The van der Waals surface area contributed by atoms with Crippen LogP contribution in [0.15, 0.2) is 48.5 Å². The number of aromatic carboxylic acids is 1. The normalized spacial score (nSPS) is 12.7. The Morgan fingerprint density at radius 1 is 0.731 bits per heavy atom. The molecule has 282 valence electrons. The molecule has 12 heteroatoms. The van der Waals surface area contributed by atoms with E-state index in [4.69, 9.17) is 16.9 Å². The Morgan fingerprint density at radius 3 is 1.75 bits per heavy atom. The highest BCUT2D eigenvalue weighted by atomic mass is 35.5. The average Bonchev–Trinajstić information content (AvgIpc) is 3.74. The summed E-state index contributed by atoms with van der Waals surface area (Å²) in [5.74, 6) is -1.10. The van der Waals surface area contributed by atoms with Gasteiger partial charge >= 0.3 is 17.9 Å². The number of para-hydroxylation sites is 2. The second-order valence-electron chi connectivity index (χ2n) is 13.2. The third-order valence-corrected chi connectivity index (χ3v) is 9.71. The first-order chi connectivity index (χ1) is 25.3. The summed E-state index contributed by atoms with van der Waals surface area (Å²) in [5, 5.41) is 14.3. The van der Waals surface area contributed by atoms with Gasteiger partial charge in [-0.15, -0.1) is 6.54 Å². The van der Waals surface area contributed by atoms with Crippen molar-refractivity contribution >= 4 is 57.4 Å². The Bertz CT molecular complexity index is 1800. The van der Waals surface area contributed by atoms with Crippen LogP contribution in [0.2, 0.25) is 0 Å². The lowest BCUT2D eigenvalue weighted by Gasteiger charge is -2.17. The number of methoxy groups -OCH3 is 2. The zero-order valence-corrected chi connectivity index (χ0v) is 31.2. The number of carboxylic acid groups (broad SMARTS) is 1. The number of amides is 1. The van der Waals surface area contributed by atoms with Crippen LogP contribution in [-0.2, 0) is 45.0 Å². The number of carbonyl (C=O) groups is 4. The lowest BCUT2D eigenvalue weighted by Crippen LogP contribution is -2.27. The average molecular weight is 736 g/mol. The van der Waals surface area contributed by atoms with Crippen LogP contribution in [0.25, 0.3) is 26.6 Å². The minimum absolute atomic E-state index is 0.0126. The molecule has 0 fully saturated rings. The van der Waals surface area contributed by atoms with E-state index in [-0.39, 0.29) is 17.8 Å². The van der Waals surface area contributed by atoms with Gasteiger partial charge in [0.2, 0.25) is 0 Å². The van der Waals surface area contributed by atoms with Crippen LogP contribution >= 0.6 is 11.8 Å². The number of unbranched alkanes of at least 4 members (excludes halogenated alkanes) is 6. The van der Waals surface area contributed by atoms with E-state index in [9.17, 15) is 19.2 Å². The van der Waals surface area contributed by atoms with E-state index < -0.39 is 5.97 Å². The number of carbonyl (C=O) groups excluding carboxylic acids is 3. The molecule has 11 nitrogen and oxygen atoms in total. The molecule has 0 saturated carbocycles. The number of hydrogen-bond acceptors (Lipinski definition) is 6. The fourth-order valence-corrected chi connectivity index (χ4v) is 7.05. The molecule has 2 aromatic carbocycles. The van der Waals surface area contributed by atoms with E-state index >= 15 is 0 Å². The van der Waals surface area contributed by atoms with E-state index in [0.717, 1.165) is 112 Å². The molecule has 52 heavy (non-hydrogen) atoms. The van der Waals surface area contributed by atoms with Crippen molar-refractivity contribution in [1.29, 1.82) is 0 Å². The third kappa shape index (κ3) is 11.3. The number of ether oxygens (including phenoxy) is 2. The largest absolute Gasteiger partial charge is 0.575 e. The Morgan fingerprint density at radius 2 is 1.23 bits per heavy atom. The molecule has 2 N–H and O–H groups in total. The van der Waals surface area contributed by atoms with Crippen molar-refractivity contribution < 1.29 is 33.8 Å². The highest BCUT2D eigenvalue weighted by Gasteiger charge is 2.21. The van der Waals surface area contributed by atoms with Gasteiger partial charge in [-0.05, 0) is 68.2 Å². The van der Waals surface area contributed by atoms with E-state index in [2.05, 4.69) is 48.5 Å². The van der Waals surface area contributed by atoms with Gasteiger partial charge in [-0.1, -0.05) is 68.5 Å². The quantitative estimate of drug-likeness (QED) is 0.0870. The summed E-state index contributed by atoms with van der Waals surface area (Å²) in [6, 6.07) is 16.2. The van der Waals surface area contributed by atoms with Gasteiger partial charge in [-0.25, -0.2) is 4.79 Å². The lowest BCUT2D eigenvalue weighted by atomic mass is 10.0. The Kier molecular flexibility index (Phi) is 16.5. The van der Waals surface area contributed by atoms with E-state index in [1.54, 1.807) is 6.07 Å². The molecule has 4 aromatic rings. The standard InChI is InChI=1S/C20H26N2O3.C12H11NO2.C8H15ClNO2/c1-25-18(23)11-4-2-3-5-12-21-20(24)17-14-16-9-6-8-15-10-7-13-22(17)19(15)16;14-12(15)10-7-9-4-1-3-8-5-2-6-13(10)11(8)9;1-12-8(11)6-4-2-3-5-7-10-9/h6,8-9,14H,2-5,7,10-13H2,1H3,(H,21,24);1,3-4,7H,2,5-6H2,(H,14,15);2-7H2,1H3/q;;-1. The Labute approximate surface area is 311 Å². The van der Waals surface area contributed by atoms with Crippen LogP contribution in [0.4, 0.5) is 0 Å². The molecule has 2 aliphatic heterocycles. The summed E-state index contributed by atoms with van der Waals surface area (Å²) in [6.07, 6.45) is 13.0. The zero-order chi connectivity index (χ0) is 37.3. The number of benzene rings is 2. The summed E-state index contributed by atoms with van der Waals surface area (Å²) in [4.78, 5) is 48.8. The van der Waals surface area contributed by atoms with Crippen LogP contribution in [0.3, 0.4) is 0 Å². The molecule has 2 aromatic heterocycles. The van der Waals surface area contributed by atoms with Crippen LogP contribution in [0.1, 0.15) is 109 Å². The SMILES string of the molecule is COC(=O)CCCCCCNC(=O)c1cc2cccc3c2n1CCC3.COC(=O)CCCCCC[N-]Cl.O=C(O)c1cc2cccc3c2n1CCC3. The van der Waals surface area contributed by atoms with Crippen LogP contribution in [-0.4, -0.2) is 65.4 Å². The Balaban J connectivity index is 0.000000191.